The molecule has 0 saturated carbocycles. The van der Waals surface area contributed by atoms with Crippen LogP contribution in [0.15, 0.2) is 24.5 Å². The van der Waals surface area contributed by atoms with E-state index in [9.17, 15) is 36.2 Å². The Morgan fingerprint density at radius 3 is 1.93 bits per heavy atom. The molecule has 0 aliphatic rings. The SMILES string of the molecule is CC(C)C(Br)(C(=O)O)C(Br)n1cnc(-c2cc(C(F)(F)F)cc(C(F)(F)F)c2)n1. The molecule has 2 atom stereocenters. The summed E-state index contributed by atoms with van der Waals surface area (Å²) in [6, 6.07) is 0.999. The zero-order valence-electron chi connectivity index (χ0n) is 14.7. The van der Waals surface area contributed by atoms with Crippen LogP contribution in [0.4, 0.5) is 26.3 Å². The van der Waals surface area contributed by atoms with Crippen LogP contribution in [0.5, 0.6) is 0 Å². The number of aromatic nitrogens is 3. The average Bonchev–Trinajstić information content (AvgIpc) is 3.08. The summed E-state index contributed by atoms with van der Waals surface area (Å²) in [6.07, 6.45) is -9.01. The Labute approximate surface area is 177 Å². The highest BCUT2D eigenvalue weighted by Gasteiger charge is 2.47. The summed E-state index contributed by atoms with van der Waals surface area (Å²) in [5, 5.41) is 13.4. The Hall–Kier alpha value is -1.63. The van der Waals surface area contributed by atoms with Gasteiger partial charge in [-0.1, -0.05) is 45.7 Å². The van der Waals surface area contributed by atoms with Crippen molar-refractivity contribution in [3.63, 3.8) is 0 Å². The molecular weight excluding hydrogens is 540 g/mol. The Morgan fingerprint density at radius 1 is 1.07 bits per heavy atom. The number of halogens is 8. The fourth-order valence-electron chi connectivity index (χ4n) is 2.42. The minimum Gasteiger partial charge on any atom is -0.480 e. The number of carboxylic acids is 1. The van der Waals surface area contributed by atoms with E-state index in [2.05, 4.69) is 41.9 Å². The van der Waals surface area contributed by atoms with Crippen molar-refractivity contribution in [2.75, 3.05) is 0 Å². The van der Waals surface area contributed by atoms with Gasteiger partial charge in [0.1, 0.15) is 11.3 Å². The highest BCUT2D eigenvalue weighted by atomic mass is 79.9. The summed E-state index contributed by atoms with van der Waals surface area (Å²) >= 11 is 6.29. The molecule has 0 saturated heterocycles. The van der Waals surface area contributed by atoms with E-state index in [1.54, 1.807) is 13.8 Å². The molecule has 2 rings (SSSR count). The van der Waals surface area contributed by atoms with E-state index < -0.39 is 56.0 Å². The quantitative estimate of drug-likeness (QED) is 0.379. The van der Waals surface area contributed by atoms with E-state index in [1.807, 2.05) is 0 Å². The van der Waals surface area contributed by atoms with Crippen molar-refractivity contribution in [1.29, 1.82) is 0 Å². The fraction of sp³-hybridized carbons (Fsp3) is 0.438. The maximum Gasteiger partial charge on any atom is 0.416 e. The third-order valence-corrected chi connectivity index (χ3v) is 7.55. The number of hydrogen-bond donors (Lipinski definition) is 1. The molecule has 1 N–H and O–H groups in total. The standard InChI is InChI=1S/C16H13Br2F6N3O2/c1-7(2)14(18,13(28)29)12(17)27-6-25-11(26-27)8-3-9(15(19,20)21)5-10(4-8)16(22,23)24/h3-7,12H,1-2H3,(H,28,29). The Bertz CT molecular complexity index is 881. The molecule has 160 valence electrons. The first-order valence-corrected chi connectivity index (χ1v) is 9.56. The van der Waals surface area contributed by atoms with Crippen molar-refractivity contribution in [2.45, 2.75) is 35.5 Å². The maximum absolute atomic E-state index is 13.0. The second-order valence-electron chi connectivity index (χ2n) is 6.41. The van der Waals surface area contributed by atoms with Crippen molar-refractivity contribution >= 4 is 37.8 Å². The van der Waals surface area contributed by atoms with Crippen molar-refractivity contribution in [3.05, 3.63) is 35.7 Å². The summed E-state index contributed by atoms with van der Waals surface area (Å²) in [5.74, 6) is -2.14. The van der Waals surface area contributed by atoms with E-state index in [-0.39, 0.29) is 6.07 Å². The molecule has 0 fully saturated rings. The lowest BCUT2D eigenvalue weighted by Crippen LogP contribution is -2.43. The molecule has 1 heterocycles. The van der Waals surface area contributed by atoms with Gasteiger partial charge in [0.15, 0.2) is 10.1 Å². The number of hydrogen-bond acceptors (Lipinski definition) is 3. The van der Waals surface area contributed by atoms with Crippen LogP contribution in [0.3, 0.4) is 0 Å². The topological polar surface area (TPSA) is 68.0 Å². The number of nitrogens with zero attached hydrogens (tertiary/aromatic N) is 3. The minimum absolute atomic E-state index is 0.000481. The first-order chi connectivity index (χ1) is 13.1. The van der Waals surface area contributed by atoms with Crippen molar-refractivity contribution in [2.24, 2.45) is 5.92 Å². The molecule has 0 radical (unpaired) electrons. The van der Waals surface area contributed by atoms with Gasteiger partial charge >= 0.3 is 18.3 Å². The van der Waals surface area contributed by atoms with Crippen LogP contribution < -0.4 is 0 Å². The maximum atomic E-state index is 13.0. The number of benzene rings is 1. The Kier molecular flexibility index (Phi) is 6.44. The second kappa shape index (κ2) is 7.89. The summed E-state index contributed by atoms with van der Waals surface area (Å²) < 4.78 is 77.6. The van der Waals surface area contributed by atoms with Gasteiger partial charge in [-0.2, -0.15) is 26.3 Å². The van der Waals surface area contributed by atoms with Crippen molar-refractivity contribution in [3.8, 4) is 11.4 Å². The predicted molar refractivity (Wildman–Crippen MR) is 97.6 cm³/mol. The molecule has 0 aliphatic carbocycles. The van der Waals surface area contributed by atoms with E-state index >= 15 is 0 Å². The monoisotopic (exact) mass is 551 g/mol. The van der Waals surface area contributed by atoms with Crippen molar-refractivity contribution in [1.82, 2.24) is 14.8 Å². The average molecular weight is 553 g/mol. The molecule has 0 amide bonds. The lowest BCUT2D eigenvalue weighted by Gasteiger charge is -2.31. The molecule has 13 heteroatoms. The third kappa shape index (κ3) is 4.76. The van der Waals surface area contributed by atoms with E-state index in [1.165, 1.54) is 0 Å². The summed E-state index contributed by atoms with van der Waals surface area (Å²) in [4.78, 5) is 14.4. The van der Waals surface area contributed by atoms with Crippen LogP contribution in [0.2, 0.25) is 0 Å². The number of carbonyl (C=O) groups is 1. The van der Waals surface area contributed by atoms with Gasteiger partial charge in [0.05, 0.1) is 11.1 Å². The van der Waals surface area contributed by atoms with Gasteiger partial charge in [0.2, 0.25) is 0 Å². The molecule has 0 spiro atoms. The van der Waals surface area contributed by atoms with Crippen LogP contribution in [0.25, 0.3) is 11.4 Å². The molecule has 0 aliphatic heterocycles. The minimum atomic E-state index is -5.01. The molecule has 1 aromatic carbocycles. The fourth-order valence-corrected chi connectivity index (χ4v) is 3.55. The normalized spacial score (nSPS) is 16.0. The zero-order chi connectivity index (χ0) is 22.4. The first-order valence-electron chi connectivity index (χ1n) is 7.85. The third-order valence-electron chi connectivity index (χ3n) is 4.10. The van der Waals surface area contributed by atoms with E-state index in [0.717, 1.165) is 11.0 Å². The van der Waals surface area contributed by atoms with Crippen molar-refractivity contribution < 1.29 is 36.2 Å². The second-order valence-corrected chi connectivity index (χ2v) is 8.59. The van der Waals surface area contributed by atoms with Crippen LogP contribution >= 0.6 is 31.9 Å². The molecule has 2 unspecified atom stereocenters. The summed E-state index contributed by atoms with van der Waals surface area (Å²) in [7, 11) is 0. The van der Waals surface area contributed by atoms with E-state index in [0.29, 0.717) is 12.1 Å². The number of carboxylic acid groups (broad SMARTS) is 1. The summed E-state index contributed by atoms with van der Waals surface area (Å²) in [5.41, 5.74) is -3.51. The molecule has 1 aromatic heterocycles. The van der Waals surface area contributed by atoms with Gasteiger partial charge in [0.25, 0.3) is 0 Å². The largest absolute Gasteiger partial charge is 0.480 e. The zero-order valence-corrected chi connectivity index (χ0v) is 17.9. The van der Waals surface area contributed by atoms with Crippen LogP contribution in [-0.2, 0) is 17.1 Å². The van der Waals surface area contributed by atoms with Gasteiger partial charge < -0.3 is 5.11 Å². The van der Waals surface area contributed by atoms with Crippen LogP contribution in [-0.4, -0.2) is 30.2 Å². The van der Waals surface area contributed by atoms with E-state index in [4.69, 9.17) is 0 Å². The lowest BCUT2D eigenvalue weighted by molar-refractivity contribution is -0.143. The van der Waals surface area contributed by atoms with Gasteiger partial charge in [-0.15, -0.1) is 5.10 Å². The first kappa shape index (κ1) is 23.6. The lowest BCUT2D eigenvalue weighted by atomic mass is 9.95. The predicted octanol–water partition coefficient (Wildman–Crippen LogP) is 5.75. The van der Waals surface area contributed by atoms with Gasteiger partial charge in [0, 0.05) is 5.56 Å². The van der Waals surface area contributed by atoms with Crippen LogP contribution in [0, 0.1) is 5.92 Å². The molecule has 5 nitrogen and oxygen atoms in total. The highest BCUT2D eigenvalue weighted by molar-refractivity contribution is 9.12. The molecule has 29 heavy (non-hydrogen) atoms. The molecular formula is C16H13Br2F6N3O2. The van der Waals surface area contributed by atoms with Gasteiger partial charge in [-0.3, -0.25) is 4.79 Å². The number of alkyl halides is 8. The van der Waals surface area contributed by atoms with Gasteiger partial charge in [-0.25, -0.2) is 9.67 Å². The van der Waals surface area contributed by atoms with Gasteiger partial charge in [-0.05, 0) is 24.1 Å². The highest BCUT2D eigenvalue weighted by Crippen LogP contribution is 2.43. The van der Waals surface area contributed by atoms with Crippen LogP contribution in [0.1, 0.15) is 29.9 Å². The Balaban J connectivity index is 2.56. The molecule has 2 aromatic rings. The number of rotatable bonds is 5. The summed E-state index contributed by atoms with van der Waals surface area (Å²) in [6.45, 7) is 3.22. The Morgan fingerprint density at radius 2 is 1.55 bits per heavy atom. The smallest absolute Gasteiger partial charge is 0.416 e. The number of aliphatic carboxylic acids is 1. The molecule has 0 bridgehead atoms.